The smallest absolute Gasteiger partial charge is 0.268 e. The van der Waals surface area contributed by atoms with E-state index in [0.717, 1.165) is 33.4 Å². The van der Waals surface area contributed by atoms with Crippen LogP contribution in [0.2, 0.25) is 0 Å². The van der Waals surface area contributed by atoms with E-state index in [1.807, 2.05) is 43.3 Å². The highest BCUT2D eigenvalue weighted by molar-refractivity contribution is 7.90. The minimum atomic E-state index is -3.78. The second kappa shape index (κ2) is 8.55. The van der Waals surface area contributed by atoms with Crippen molar-refractivity contribution in [1.29, 1.82) is 0 Å². The van der Waals surface area contributed by atoms with Crippen LogP contribution in [0.1, 0.15) is 11.1 Å². The summed E-state index contributed by atoms with van der Waals surface area (Å²) in [7, 11) is -0.718. The lowest BCUT2D eigenvalue weighted by Crippen LogP contribution is -2.11. The summed E-state index contributed by atoms with van der Waals surface area (Å²) in [5.74, 6) is 0.731. The average Bonchev–Trinajstić information content (AvgIpc) is 3.17. The van der Waals surface area contributed by atoms with Crippen molar-refractivity contribution in [3.8, 4) is 16.9 Å². The van der Waals surface area contributed by atoms with Crippen molar-refractivity contribution in [1.82, 2.24) is 3.97 Å². The summed E-state index contributed by atoms with van der Waals surface area (Å²) in [4.78, 5) is 10.0. The van der Waals surface area contributed by atoms with E-state index < -0.39 is 10.0 Å². The molecule has 0 unspecified atom stereocenters. The summed E-state index contributed by atoms with van der Waals surface area (Å²) in [6, 6.07) is 19.9. The third-order valence-corrected chi connectivity index (χ3v) is 6.85. The van der Waals surface area contributed by atoms with E-state index in [1.165, 1.54) is 11.1 Å². The van der Waals surface area contributed by atoms with Crippen molar-refractivity contribution in [3.05, 3.63) is 84.1 Å². The van der Waals surface area contributed by atoms with E-state index in [0.29, 0.717) is 5.52 Å². The maximum Gasteiger partial charge on any atom is 0.268 e. The number of benzene rings is 3. The quantitative estimate of drug-likeness (QED) is 0.303. The molecule has 0 aliphatic rings. The third kappa shape index (κ3) is 4.07. The molecule has 4 aromatic rings. The van der Waals surface area contributed by atoms with Gasteiger partial charge in [-0.15, -0.1) is 0 Å². The minimum Gasteiger partial charge on any atom is -0.497 e. The molecule has 3 aromatic carbocycles. The van der Waals surface area contributed by atoms with Gasteiger partial charge in [0.25, 0.3) is 10.0 Å². The fraction of sp³-hybridized carbons (Fsp3) is 0.167. The van der Waals surface area contributed by atoms with E-state index in [2.05, 4.69) is 0 Å². The van der Waals surface area contributed by atoms with Gasteiger partial charge in [-0.25, -0.2) is 22.2 Å². The highest BCUT2D eigenvalue weighted by Crippen LogP contribution is 2.34. The first-order valence-corrected chi connectivity index (χ1v) is 11.1. The van der Waals surface area contributed by atoms with Crippen LogP contribution in [-0.2, 0) is 26.4 Å². The van der Waals surface area contributed by atoms with Gasteiger partial charge in [0.2, 0.25) is 0 Å². The fourth-order valence-corrected chi connectivity index (χ4v) is 4.86. The predicted molar refractivity (Wildman–Crippen MR) is 119 cm³/mol. The SMILES string of the molecule is COOCc1ccc2c(c1)c(-c1ccc(OC)cc1)cn2S(=O)(=O)c1ccc(C)cc1. The topological polar surface area (TPSA) is 66.8 Å². The van der Waals surface area contributed by atoms with Crippen LogP contribution in [0.25, 0.3) is 22.0 Å². The van der Waals surface area contributed by atoms with Crippen LogP contribution in [0.5, 0.6) is 5.75 Å². The van der Waals surface area contributed by atoms with Gasteiger partial charge in [-0.1, -0.05) is 35.9 Å². The normalized spacial score (nSPS) is 11.7. The second-order valence-corrected chi connectivity index (χ2v) is 8.98. The van der Waals surface area contributed by atoms with Gasteiger partial charge in [0.15, 0.2) is 0 Å². The van der Waals surface area contributed by atoms with Crippen molar-refractivity contribution in [2.45, 2.75) is 18.4 Å². The zero-order valence-corrected chi connectivity index (χ0v) is 18.3. The maximum absolute atomic E-state index is 13.5. The van der Waals surface area contributed by atoms with E-state index in [9.17, 15) is 8.42 Å². The summed E-state index contributed by atoms with van der Waals surface area (Å²) >= 11 is 0. The van der Waals surface area contributed by atoms with Crippen molar-refractivity contribution >= 4 is 20.9 Å². The van der Waals surface area contributed by atoms with Gasteiger partial charge >= 0.3 is 0 Å². The second-order valence-electron chi connectivity index (χ2n) is 7.17. The molecule has 0 N–H and O–H groups in total. The summed E-state index contributed by atoms with van der Waals surface area (Å²) in [6.07, 6.45) is 1.67. The highest BCUT2D eigenvalue weighted by atomic mass is 32.2. The third-order valence-electron chi connectivity index (χ3n) is 5.16. The summed E-state index contributed by atoms with van der Waals surface area (Å²) < 4.78 is 33.5. The van der Waals surface area contributed by atoms with E-state index in [1.54, 1.807) is 43.6 Å². The molecule has 0 radical (unpaired) electrons. The van der Waals surface area contributed by atoms with Crippen LogP contribution in [-0.4, -0.2) is 26.6 Å². The van der Waals surface area contributed by atoms with Crippen LogP contribution >= 0.6 is 0 Å². The lowest BCUT2D eigenvalue weighted by Gasteiger charge is -2.08. The van der Waals surface area contributed by atoms with Crippen molar-refractivity contribution < 1.29 is 22.9 Å². The highest BCUT2D eigenvalue weighted by Gasteiger charge is 2.22. The molecule has 1 heterocycles. The summed E-state index contributed by atoms with van der Waals surface area (Å²) in [6.45, 7) is 2.18. The number of fused-ring (bicyclic) bond motifs is 1. The molecule has 6 nitrogen and oxygen atoms in total. The first kappa shape index (κ1) is 21.1. The average molecular weight is 438 g/mol. The maximum atomic E-state index is 13.5. The van der Waals surface area contributed by atoms with Gasteiger partial charge < -0.3 is 4.74 Å². The molecule has 31 heavy (non-hydrogen) atoms. The molecule has 0 saturated heterocycles. The zero-order valence-electron chi connectivity index (χ0n) is 17.5. The minimum absolute atomic E-state index is 0.239. The lowest BCUT2D eigenvalue weighted by atomic mass is 10.0. The van der Waals surface area contributed by atoms with E-state index >= 15 is 0 Å². The van der Waals surface area contributed by atoms with Crippen molar-refractivity contribution in [2.75, 3.05) is 14.2 Å². The van der Waals surface area contributed by atoms with Gasteiger partial charge in [-0.2, -0.15) is 0 Å². The molecule has 0 amide bonds. The summed E-state index contributed by atoms with van der Waals surface area (Å²) in [5.41, 5.74) is 4.14. The van der Waals surface area contributed by atoms with Crippen LogP contribution in [0.15, 0.2) is 77.8 Å². The molecule has 0 aliphatic carbocycles. The van der Waals surface area contributed by atoms with Gasteiger partial charge in [0.05, 0.1) is 24.6 Å². The molecule has 7 heteroatoms. The predicted octanol–water partition coefficient (Wildman–Crippen LogP) is 4.94. The zero-order chi connectivity index (χ0) is 22.0. The number of rotatable bonds is 7. The molecule has 0 atom stereocenters. The van der Waals surface area contributed by atoms with E-state index in [-0.39, 0.29) is 11.5 Å². The Hall–Kier alpha value is -3.13. The van der Waals surface area contributed by atoms with Crippen molar-refractivity contribution in [3.63, 3.8) is 0 Å². The van der Waals surface area contributed by atoms with Crippen molar-refractivity contribution in [2.24, 2.45) is 0 Å². The van der Waals surface area contributed by atoms with E-state index in [4.69, 9.17) is 14.5 Å². The largest absolute Gasteiger partial charge is 0.497 e. The first-order valence-electron chi connectivity index (χ1n) is 9.70. The number of nitrogens with zero attached hydrogens (tertiary/aromatic N) is 1. The molecule has 0 saturated carbocycles. The Balaban J connectivity index is 1.92. The monoisotopic (exact) mass is 437 g/mol. The molecule has 4 rings (SSSR count). The molecule has 0 spiro atoms. The Kier molecular flexibility index (Phi) is 5.82. The molecule has 1 aromatic heterocycles. The van der Waals surface area contributed by atoms with Crippen LogP contribution in [0.4, 0.5) is 0 Å². The molecule has 0 bridgehead atoms. The Morgan fingerprint density at radius 1 is 0.903 bits per heavy atom. The molecular weight excluding hydrogens is 414 g/mol. The Bertz CT molecular complexity index is 1310. The number of aromatic nitrogens is 1. The van der Waals surface area contributed by atoms with Crippen LogP contribution in [0, 0.1) is 6.92 Å². The molecule has 0 aliphatic heterocycles. The standard InChI is InChI=1S/C24H23NO5S/c1-17-4-11-21(12-5-17)31(26,27)25-15-23(19-7-9-20(28-2)10-8-19)22-14-18(16-30-29-3)6-13-24(22)25/h4-15H,16H2,1-3H3. The number of hydrogen-bond acceptors (Lipinski definition) is 5. The number of aryl methyl sites for hydroxylation is 1. The Morgan fingerprint density at radius 3 is 2.26 bits per heavy atom. The number of methoxy groups -OCH3 is 1. The van der Waals surface area contributed by atoms with Crippen LogP contribution < -0.4 is 4.74 Å². The Morgan fingerprint density at radius 2 is 1.61 bits per heavy atom. The number of ether oxygens (including phenoxy) is 1. The Labute approximate surface area is 181 Å². The van der Waals surface area contributed by atoms with Gasteiger partial charge in [-0.05, 0) is 54.4 Å². The van der Waals surface area contributed by atoms with Gasteiger partial charge in [0, 0.05) is 17.1 Å². The van der Waals surface area contributed by atoms with Gasteiger partial charge in [0.1, 0.15) is 12.4 Å². The lowest BCUT2D eigenvalue weighted by molar-refractivity contribution is -0.282. The molecule has 0 fully saturated rings. The first-order chi connectivity index (χ1) is 14.9. The fourth-order valence-electron chi connectivity index (χ4n) is 3.49. The molecular formula is C24H23NO5S. The number of hydrogen-bond donors (Lipinski definition) is 0. The van der Waals surface area contributed by atoms with Crippen LogP contribution in [0.3, 0.4) is 0 Å². The van der Waals surface area contributed by atoms with Gasteiger partial charge in [-0.3, -0.25) is 0 Å². The molecule has 160 valence electrons. The summed E-state index contributed by atoms with van der Waals surface area (Å²) in [5, 5.41) is 0.804.